The number of hydrogen-bond acceptors (Lipinski definition) is 1. The van der Waals surface area contributed by atoms with Gasteiger partial charge in [-0.1, -0.05) is 33.6 Å². The highest BCUT2D eigenvalue weighted by atomic mass is 14.9. The molecule has 0 aliphatic heterocycles. The Bertz CT molecular complexity index is 251. The van der Waals surface area contributed by atoms with Crippen molar-refractivity contribution in [1.82, 2.24) is 5.32 Å². The van der Waals surface area contributed by atoms with Crippen LogP contribution in [0.2, 0.25) is 0 Å². The standard InChI is InChI=1S/C18H35N/c1-14(16-7-5-6-8-16)19-13-15-9-11-17(12-10-15)18(2,3)4/h14-17,19H,5-13H2,1-4H3/t14-,15?,17?/m0/s1. The van der Waals surface area contributed by atoms with Crippen LogP contribution in [0.15, 0.2) is 0 Å². The summed E-state index contributed by atoms with van der Waals surface area (Å²) in [5.74, 6) is 2.87. The van der Waals surface area contributed by atoms with Crippen molar-refractivity contribution in [1.29, 1.82) is 0 Å². The molecule has 2 fully saturated rings. The van der Waals surface area contributed by atoms with Crippen LogP contribution in [-0.2, 0) is 0 Å². The summed E-state index contributed by atoms with van der Waals surface area (Å²) in [5, 5.41) is 3.85. The maximum absolute atomic E-state index is 3.85. The van der Waals surface area contributed by atoms with Gasteiger partial charge in [-0.2, -0.15) is 0 Å². The van der Waals surface area contributed by atoms with E-state index in [1.165, 1.54) is 57.9 Å². The normalized spacial score (nSPS) is 31.6. The Morgan fingerprint density at radius 2 is 1.53 bits per heavy atom. The summed E-state index contributed by atoms with van der Waals surface area (Å²) in [4.78, 5) is 0. The van der Waals surface area contributed by atoms with E-state index in [2.05, 4.69) is 33.0 Å². The molecule has 2 saturated carbocycles. The summed E-state index contributed by atoms with van der Waals surface area (Å²) in [6.45, 7) is 10.9. The minimum Gasteiger partial charge on any atom is -0.314 e. The smallest absolute Gasteiger partial charge is 0.00671 e. The van der Waals surface area contributed by atoms with Crippen LogP contribution in [-0.4, -0.2) is 12.6 Å². The maximum atomic E-state index is 3.85. The Balaban J connectivity index is 1.65. The summed E-state index contributed by atoms with van der Waals surface area (Å²) < 4.78 is 0. The molecule has 19 heavy (non-hydrogen) atoms. The molecule has 112 valence electrons. The van der Waals surface area contributed by atoms with Gasteiger partial charge in [0.05, 0.1) is 0 Å². The van der Waals surface area contributed by atoms with Crippen molar-refractivity contribution in [3.05, 3.63) is 0 Å². The summed E-state index contributed by atoms with van der Waals surface area (Å²) in [6, 6.07) is 0.753. The average Bonchev–Trinajstić information content (AvgIpc) is 2.89. The van der Waals surface area contributed by atoms with Crippen LogP contribution >= 0.6 is 0 Å². The topological polar surface area (TPSA) is 12.0 Å². The Labute approximate surface area is 120 Å². The second kappa shape index (κ2) is 6.61. The Kier molecular flexibility index (Phi) is 5.34. The van der Waals surface area contributed by atoms with Crippen molar-refractivity contribution >= 4 is 0 Å². The highest BCUT2D eigenvalue weighted by Gasteiger charge is 2.30. The van der Waals surface area contributed by atoms with E-state index in [0.29, 0.717) is 5.41 Å². The molecule has 0 bridgehead atoms. The molecule has 0 aromatic rings. The lowest BCUT2D eigenvalue weighted by molar-refractivity contribution is 0.146. The van der Waals surface area contributed by atoms with Crippen molar-refractivity contribution < 1.29 is 0 Å². The highest BCUT2D eigenvalue weighted by molar-refractivity contribution is 4.83. The molecule has 0 radical (unpaired) electrons. The van der Waals surface area contributed by atoms with Gasteiger partial charge >= 0.3 is 0 Å². The van der Waals surface area contributed by atoms with Crippen LogP contribution in [0.5, 0.6) is 0 Å². The summed E-state index contributed by atoms with van der Waals surface area (Å²) in [6.07, 6.45) is 11.7. The van der Waals surface area contributed by atoms with Gasteiger partial charge in [0, 0.05) is 6.04 Å². The van der Waals surface area contributed by atoms with E-state index in [-0.39, 0.29) is 0 Å². The van der Waals surface area contributed by atoms with E-state index in [4.69, 9.17) is 0 Å². The van der Waals surface area contributed by atoms with E-state index < -0.39 is 0 Å². The quantitative estimate of drug-likeness (QED) is 0.753. The lowest BCUT2D eigenvalue weighted by Gasteiger charge is -2.37. The van der Waals surface area contributed by atoms with Gasteiger partial charge < -0.3 is 5.32 Å². The largest absolute Gasteiger partial charge is 0.314 e. The molecule has 0 aromatic heterocycles. The van der Waals surface area contributed by atoms with Crippen molar-refractivity contribution in [2.45, 2.75) is 85.1 Å². The predicted molar refractivity (Wildman–Crippen MR) is 84.3 cm³/mol. The molecule has 0 amide bonds. The highest BCUT2D eigenvalue weighted by Crippen LogP contribution is 2.39. The Hall–Kier alpha value is -0.0400. The van der Waals surface area contributed by atoms with Gasteiger partial charge in [0.1, 0.15) is 0 Å². The molecule has 1 heteroatoms. The fraction of sp³-hybridized carbons (Fsp3) is 1.00. The number of nitrogens with one attached hydrogen (secondary N) is 1. The van der Waals surface area contributed by atoms with Gasteiger partial charge in [-0.05, 0) is 75.2 Å². The first kappa shape index (κ1) is 15.4. The van der Waals surface area contributed by atoms with Crippen molar-refractivity contribution in [2.24, 2.45) is 23.2 Å². The van der Waals surface area contributed by atoms with Gasteiger partial charge in [-0.15, -0.1) is 0 Å². The molecule has 0 saturated heterocycles. The fourth-order valence-electron chi connectivity index (χ4n) is 4.21. The molecular formula is C18H35N. The summed E-state index contributed by atoms with van der Waals surface area (Å²) in [5.41, 5.74) is 0.523. The minimum atomic E-state index is 0.523. The molecule has 0 aromatic carbocycles. The molecule has 2 aliphatic rings. The molecule has 0 unspecified atom stereocenters. The first-order valence-corrected chi connectivity index (χ1v) is 8.70. The zero-order chi connectivity index (χ0) is 13.9. The van der Waals surface area contributed by atoms with E-state index in [9.17, 15) is 0 Å². The van der Waals surface area contributed by atoms with Crippen molar-refractivity contribution in [3.63, 3.8) is 0 Å². The molecule has 0 spiro atoms. The Morgan fingerprint density at radius 1 is 0.947 bits per heavy atom. The van der Waals surface area contributed by atoms with E-state index >= 15 is 0 Å². The first-order chi connectivity index (χ1) is 8.97. The van der Waals surface area contributed by atoms with E-state index in [1.54, 1.807) is 0 Å². The van der Waals surface area contributed by atoms with Gasteiger partial charge in [0.25, 0.3) is 0 Å². The van der Waals surface area contributed by atoms with E-state index in [0.717, 1.165) is 23.8 Å². The first-order valence-electron chi connectivity index (χ1n) is 8.70. The van der Waals surface area contributed by atoms with Crippen LogP contribution in [0.4, 0.5) is 0 Å². The Morgan fingerprint density at radius 3 is 2.05 bits per heavy atom. The van der Waals surface area contributed by atoms with Crippen LogP contribution in [0.25, 0.3) is 0 Å². The molecule has 2 rings (SSSR count). The third-order valence-corrected chi connectivity index (χ3v) is 5.91. The van der Waals surface area contributed by atoms with Gasteiger partial charge in [-0.25, -0.2) is 0 Å². The maximum Gasteiger partial charge on any atom is 0.00671 e. The molecule has 1 atom stereocenters. The molecular weight excluding hydrogens is 230 g/mol. The van der Waals surface area contributed by atoms with Crippen LogP contribution in [0.3, 0.4) is 0 Å². The van der Waals surface area contributed by atoms with Crippen LogP contribution < -0.4 is 5.32 Å². The third-order valence-electron chi connectivity index (χ3n) is 5.91. The second-order valence-corrected chi connectivity index (χ2v) is 8.33. The molecule has 0 heterocycles. The SMILES string of the molecule is C[C@H](NCC1CCC(C(C)(C)C)CC1)C1CCCC1. The number of hydrogen-bond donors (Lipinski definition) is 1. The van der Waals surface area contributed by atoms with E-state index in [1.807, 2.05) is 0 Å². The number of rotatable bonds is 4. The van der Waals surface area contributed by atoms with Crippen molar-refractivity contribution in [3.8, 4) is 0 Å². The lowest BCUT2D eigenvalue weighted by atomic mass is 9.70. The molecule has 1 N–H and O–H groups in total. The second-order valence-electron chi connectivity index (χ2n) is 8.33. The monoisotopic (exact) mass is 265 g/mol. The predicted octanol–water partition coefficient (Wildman–Crippen LogP) is 5.01. The van der Waals surface area contributed by atoms with Crippen LogP contribution in [0.1, 0.15) is 79.1 Å². The zero-order valence-corrected chi connectivity index (χ0v) is 13.7. The van der Waals surface area contributed by atoms with Gasteiger partial charge in [0.15, 0.2) is 0 Å². The third kappa shape index (κ3) is 4.48. The molecule has 1 nitrogen and oxygen atoms in total. The summed E-state index contributed by atoms with van der Waals surface area (Å²) >= 11 is 0. The lowest BCUT2D eigenvalue weighted by Crippen LogP contribution is -2.37. The summed E-state index contributed by atoms with van der Waals surface area (Å²) in [7, 11) is 0. The van der Waals surface area contributed by atoms with Crippen molar-refractivity contribution in [2.75, 3.05) is 6.54 Å². The fourth-order valence-corrected chi connectivity index (χ4v) is 4.21. The van der Waals surface area contributed by atoms with Gasteiger partial charge in [0.2, 0.25) is 0 Å². The average molecular weight is 265 g/mol. The van der Waals surface area contributed by atoms with Crippen LogP contribution in [0, 0.1) is 23.2 Å². The molecule has 2 aliphatic carbocycles. The minimum absolute atomic E-state index is 0.523. The van der Waals surface area contributed by atoms with Gasteiger partial charge in [-0.3, -0.25) is 0 Å². The zero-order valence-electron chi connectivity index (χ0n) is 13.7.